The topological polar surface area (TPSA) is 26.0 Å². The summed E-state index contributed by atoms with van der Waals surface area (Å²) in [6.07, 6.45) is 9.23. The van der Waals surface area contributed by atoms with Crippen LogP contribution in [0.25, 0.3) is 0 Å². The van der Waals surface area contributed by atoms with E-state index in [-0.39, 0.29) is 0 Å². The zero-order valence-electron chi connectivity index (χ0n) is 6.79. The molecule has 3 aliphatic rings. The molecule has 0 heterocycles. The largest absolute Gasteiger partial charge is 0.330 e. The molecular weight excluding hydrogens is 134 g/mol. The quantitative estimate of drug-likeness (QED) is 0.562. The van der Waals surface area contributed by atoms with E-state index >= 15 is 0 Å². The van der Waals surface area contributed by atoms with Crippen LogP contribution in [0.15, 0.2) is 12.2 Å². The maximum Gasteiger partial charge on any atom is -0.00428 e. The fourth-order valence-electron chi connectivity index (χ4n) is 3.39. The summed E-state index contributed by atoms with van der Waals surface area (Å²) in [5.74, 6) is 2.62. The Morgan fingerprint density at radius 2 is 2.18 bits per heavy atom. The van der Waals surface area contributed by atoms with Crippen LogP contribution < -0.4 is 5.73 Å². The molecule has 3 atom stereocenters. The summed E-state index contributed by atoms with van der Waals surface area (Å²) in [5, 5.41) is 0. The van der Waals surface area contributed by atoms with Crippen molar-refractivity contribution in [1.29, 1.82) is 0 Å². The van der Waals surface area contributed by atoms with E-state index in [0.717, 1.165) is 29.7 Å². The third kappa shape index (κ3) is 0.572. The normalized spacial score (nSPS) is 49.0. The summed E-state index contributed by atoms with van der Waals surface area (Å²) in [6, 6.07) is 0. The van der Waals surface area contributed by atoms with Crippen molar-refractivity contribution in [2.24, 2.45) is 28.9 Å². The van der Waals surface area contributed by atoms with Crippen LogP contribution >= 0.6 is 0 Å². The van der Waals surface area contributed by atoms with E-state index in [0.29, 0.717) is 0 Å². The lowest BCUT2D eigenvalue weighted by Gasteiger charge is -2.17. The third-order valence-corrected chi connectivity index (χ3v) is 4.15. The van der Waals surface area contributed by atoms with Crippen molar-refractivity contribution in [1.82, 2.24) is 0 Å². The monoisotopic (exact) mass is 149 g/mol. The van der Waals surface area contributed by atoms with Gasteiger partial charge in [0.2, 0.25) is 0 Å². The molecule has 0 amide bonds. The highest BCUT2D eigenvalue weighted by Gasteiger charge is 2.62. The second kappa shape index (κ2) is 1.71. The number of hydrogen-bond acceptors (Lipinski definition) is 1. The zero-order valence-corrected chi connectivity index (χ0v) is 6.79. The molecule has 2 N–H and O–H groups in total. The number of allylic oxidation sites excluding steroid dienone is 2. The van der Waals surface area contributed by atoms with Crippen LogP contribution in [0.3, 0.4) is 0 Å². The Morgan fingerprint density at radius 3 is 2.64 bits per heavy atom. The molecule has 0 radical (unpaired) electrons. The van der Waals surface area contributed by atoms with Gasteiger partial charge in [-0.05, 0) is 49.0 Å². The summed E-state index contributed by atoms with van der Waals surface area (Å²) < 4.78 is 0. The number of hydrogen-bond donors (Lipinski definition) is 1. The van der Waals surface area contributed by atoms with E-state index in [1.54, 1.807) is 0 Å². The first-order valence-electron chi connectivity index (χ1n) is 4.75. The number of rotatable bonds is 1. The van der Waals surface area contributed by atoms with E-state index in [4.69, 9.17) is 5.73 Å². The highest BCUT2D eigenvalue weighted by molar-refractivity contribution is 5.26. The van der Waals surface area contributed by atoms with Crippen LogP contribution in [-0.4, -0.2) is 6.54 Å². The Balaban J connectivity index is 1.95. The Labute approximate surface area is 67.7 Å². The van der Waals surface area contributed by atoms with Crippen LogP contribution in [0, 0.1) is 23.2 Å². The van der Waals surface area contributed by atoms with Gasteiger partial charge in [0.15, 0.2) is 0 Å². The molecule has 0 unspecified atom stereocenters. The van der Waals surface area contributed by atoms with Crippen LogP contribution in [0.1, 0.15) is 19.3 Å². The first-order valence-corrected chi connectivity index (χ1v) is 4.75. The maximum atomic E-state index is 5.74. The Bertz CT molecular complexity index is 215. The second-order valence-corrected chi connectivity index (χ2v) is 4.48. The molecule has 1 nitrogen and oxygen atoms in total. The average molecular weight is 149 g/mol. The minimum atomic E-state index is 0.754. The molecule has 3 rings (SSSR count). The van der Waals surface area contributed by atoms with Gasteiger partial charge in [-0.25, -0.2) is 0 Å². The Kier molecular flexibility index (Phi) is 0.972. The summed E-state index contributed by atoms with van der Waals surface area (Å²) in [4.78, 5) is 0. The van der Waals surface area contributed by atoms with Crippen molar-refractivity contribution in [2.75, 3.05) is 6.54 Å². The maximum absolute atomic E-state index is 5.74. The fraction of sp³-hybridized carbons (Fsp3) is 0.800. The van der Waals surface area contributed by atoms with E-state index in [9.17, 15) is 0 Å². The zero-order chi connectivity index (χ0) is 7.47. The van der Waals surface area contributed by atoms with Gasteiger partial charge in [-0.3, -0.25) is 0 Å². The summed E-state index contributed by atoms with van der Waals surface area (Å²) in [7, 11) is 0. The van der Waals surface area contributed by atoms with E-state index in [2.05, 4.69) is 12.2 Å². The highest BCUT2D eigenvalue weighted by atomic mass is 14.7. The van der Waals surface area contributed by atoms with Gasteiger partial charge in [-0.15, -0.1) is 0 Å². The van der Waals surface area contributed by atoms with E-state index < -0.39 is 0 Å². The molecule has 0 aliphatic heterocycles. The number of nitrogens with two attached hydrogens (primary N) is 1. The molecule has 2 bridgehead atoms. The van der Waals surface area contributed by atoms with Crippen LogP contribution in [0.4, 0.5) is 0 Å². The van der Waals surface area contributed by atoms with Crippen molar-refractivity contribution in [3.63, 3.8) is 0 Å². The molecule has 11 heavy (non-hydrogen) atoms. The van der Waals surface area contributed by atoms with Crippen molar-refractivity contribution < 1.29 is 0 Å². The molecular formula is C10H15N. The molecule has 0 aromatic rings. The summed E-state index contributed by atoms with van der Waals surface area (Å²) in [5.41, 5.74) is 6.49. The van der Waals surface area contributed by atoms with Gasteiger partial charge in [0, 0.05) is 0 Å². The SMILES string of the molecule is NC[C@@H]1C[C@H]2C=C[C@H]1C21CC1. The molecule has 2 saturated carbocycles. The van der Waals surface area contributed by atoms with Gasteiger partial charge in [0.1, 0.15) is 0 Å². The van der Waals surface area contributed by atoms with Gasteiger partial charge in [0.25, 0.3) is 0 Å². The van der Waals surface area contributed by atoms with Gasteiger partial charge in [0.05, 0.1) is 0 Å². The fourth-order valence-corrected chi connectivity index (χ4v) is 3.39. The predicted molar refractivity (Wildman–Crippen MR) is 44.9 cm³/mol. The van der Waals surface area contributed by atoms with Gasteiger partial charge < -0.3 is 5.73 Å². The highest BCUT2D eigenvalue weighted by Crippen LogP contribution is 2.69. The molecule has 1 heteroatoms. The van der Waals surface area contributed by atoms with E-state index in [1.807, 2.05) is 0 Å². The molecule has 2 fully saturated rings. The van der Waals surface area contributed by atoms with Gasteiger partial charge in [-0.2, -0.15) is 0 Å². The minimum absolute atomic E-state index is 0.754. The molecule has 0 aromatic heterocycles. The lowest BCUT2D eigenvalue weighted by molar-refractivity contribution is 0.366. The van der Waals surface area contributed by atoms with Crippen LogP contribution in [0.2, 0.25) is 0 Å². The minimum Gasteiger partial charge on any atom is -0.330 e. The first-order chi connectivity index (χ1) is 5.37. The van der Waals surface area contributed by atoms with E-state index in [1.165, 1.54) is 19.3 Å². The van der Waals surface area contributed by atoms with Gasteiger partial charge in [-0.1, -0.05) is 12.2 Å². The molecule has 0 aromatic carbocycles. The molecule has 1 spiro atoms. The average Bonchev–Trinajstić information content (AvgIpc) is 2.69. The van der Waals surface area contributed by atoms with Crippen molar-refractivity contribution in [3.05, 3.63) is 12.2 Å². The molecule has 3 aliphatic carbocycles. The molecule has 60 valence electrons. The Morgan fingerprint density at radius 1 is 1.36 bits per heavy atom. The predicted octanol–water partition coefficient (Wildman–Crippen LogP) is 1.55. The Hall–Kier alpha value is -0.300. The first kappa shape index (κ1) is 6.24. The molecule has 0 saturated heterocycles. The van der Waals surface area contributed by atoms with Crippen molar-refractivity contribution in [3.8, 4) is 0 Å². The smallest absolute Gasteiger partial charge is 0.00428 e. The standard InChI is InChI=1S/C10H15N/c11-6-7-5-8-1-2-9(7)10(8)3-4-10/h1-2,7-9H,3-6,11H2/t7-,8+,9+/m0/s1. The lowest BCUT2D eigenvalue weighted by atomic mass is 9.89. The van der Waals surface area contributed by atoms with Crippen molar-refractivity contribution >= 4 is 0 Å². The van der Waals surface area contributed by atoms with Crippen LogP contribution in [-0.2, 0) is 0 Å². The lowest BCUT2D eigenvalue weighted by Crippen LogP contribution is -2.20. The van der Waals surface area contributed by atoms with Crippen molar-refractivity contribution in [2.45, 2.75) is 19.3 Å². The van der Waals surface area contributed by atoms with Gasteiger partial charge >= 0.3 is 0 Å². The summed E-state index contributed by atoms with van der Waals surface area (Å²) in [6.45, 7) is 0.910. The third-order valence-electron chi connectivity index (χ3n) is 4.15. The second-order valence-electron chi connectivity index (χ2n) is 4.48. The van der Waals surface area contributed by atoms with Crippen LogP contribution in [0.5, 0.6) is 0 Å². The summed E-state index contributed by atoms with van der Waals surface area (Å²) >= 11 is 0.